The molecule has 12 heteroatoms. The summed E-state index contributed by atoms with van der Waals surface area (Å²) >= 11 is 5.90. The van der Waals surface area contributed by atoms with Gasteiger partial charge in [-0.05, 0) is 12.1 Å². The molecule has 3 aromatic rings. The largest absolute Gasteiger partial charge is 0.439 e. The minimum atomic E-state index is -4.96. The van der Waals surface area contributed by atoms with Crippen molar-refractivity contribution in [3.63, 3.8) is 0 Å². The second-order valence-electron chi connectivity index (χ2n) is 5.76. The minimum Gasteiger partial charge on any atom is -0.439 e. The van der Waals surface area contributed by atoms with Gasteiger partial charge in [0.1, 0.15) is 17.3 Å². The van der Waals surface area contributed by atoms with Crippen molar-refractivity contribution < 1.29 is 22.3 Å². The number of benzene rings is 1. The van der Waals surface area contributed by atoms with Gasteiger partial charge in [-0.3, -0.25) is 19.1 Å². The van der Waals surface area contributed by atoms with Gasteiger partial charge in [-0.2, -0.15) is 13.2 Å². The zero-order valence-electron chi connectivity index (χ0n) is 14.4. The maximum atomic E-state index is 14.4. The number of hydrogen-bond donors (Lipinski definition) is 1. The summed E-state index contributed by atoms with van der Waals surface area (Å²) in [4.78, 5) is 38.2. The molecule has 0 radical (unpaired) electrons. The van der Waals surface area contributed by atoms with Crippen LogP contribution in [0.1, 0.15) is 5.69 Å². The van der Waals surface area contributed by atoms with Gasteiger partial charge in [-0.1, -0.05) is 17.7 Å². The van der Waals surface area contributed by atoms with E-state index in [2.05, 4.69) is 4.98 Å². The molecule has 3 rings (SSSR count). The van der Waals surface area contributed by atoms with Crippen molar-refractivity contribution in [1.82, 2.24) is 14.1 Å². The standard InChI is InChI=1S/C17H10ClF4N3O4/c1-24-12(17(20,21)22)7-15(27)25(16(24)28)10-6-11(8(18)5-9(10)19)29-14-4-2-3-13(26)23-14/h2-7H,1H3,(H,23,26). The monoisotopic (exact) mass is 431 g/mol. The molecule has 2 aromatic heterocycles. The number of ether oxygens (including phenoxy) is 1. The van der Waals surface area contributed by atoms with Crippen LogP contribution in [0.5, 0.6) is 11.6 Å². The highest BCUT2D eigenvalue weighted by Gasteiger charge is 2.35. The van der Waals surface area contributed by atoms with Crippen LogP contribution in [0.3, 0.4) is 0 Å². The predicted molar refractivity (Wildman–Crippen MR) is 94.4 cm³/mol. The summed E-state index contributed by atoms with van der Waals surface area (Å²) in [6.45, 7) is 0. The van der Waals surface area contributed by atoms with Crippen LogP contribution >= 0.6 is 11.6 Å². The number of nitrogens with zero attached hydrogens (tertiary/aromatic N) is 2. The Hall–Kier alpha value is -3.34. The number of nitrogens with one attached hydrogen (secondary N) is 1. The summed E-state index contributed by atoms with van der Waals surface area (Å²) in [5, 5.41) is -0.271. The molecule has 0 saturated carbocycles. The van der Waals surface area contributed by atoms with E-state index >= 15 is 0 Å². The second-order valence-corrected chi connectivity index (χ2v) is 6.17. The molecule has 0 amide bonds. The van der Waals surface area contributed by atoms with Gasteiger partial charge in [0.05, 0.1) is 10.7 Å². The fraction of sp³-hybridized carbons (Fsp3) is 0.118. The lowest BCUT2D eigenvalue weighted by molar-refractivity contribution is -0.144. The van der Waals surface area contributed by atoms with Crippen LogP contribution in [-0.4, -0.2) is 14.1 Å². The molecule has 0 spiro atoms. The number of H-pyrrole nitrogens is 1. The van der Waals surface area contributed by atoms with Crippen LogP contribution < -0.4 is 21.5 Å². The molecule has 1 aromatic carbocycles. The van der Waals surface area contributed by atoms with Gasteiger partial charge >= 0.3 is 11.9 Å². The van der Waals surface area contributed by atoms with E-state index < -0.39 is 40.2 Å². The van der Waals surface area contributed by atoms with Gasteiger partial charge in [-0.15, -0.1) is 0 Å². The van der Waals surface area contributed by atoms with Crippen LogP contribution in [0.15, 0.2) is 50.8 Å². The molecule has 0 aliphatic rings. The molecule has 1 N–H and O–H groups in total. The quantitative estimate of drug-likeness (QED) is 0.646. The second kappa shape index (κ2) is 7.24. The number of halogens is 5. The Morgan fingerprint density at radius 3 is 2.41 bits per heavy atom. The highest BCUT2D eigenvalue weighted by Crippen LogP contribution is 2.32. The predicted octanol–water partition coefficient (Wildman–Crippen LogP) is 2.83. The number of aromatic nitrogens is 3. The summed E-state index contributed by atoms with van der Waals surface area (Å²) in [6, 6.07) is 5.67. The Labute approximate surface area is 163 Å². The van der Waals surface area contributed by atoms with E-state index in [-0.39, 0.29) is 31.9 Å². The van der Waals surface area contributed by atoms with Gasteiger partial charge in [0.15, 0.2) is 5.88 Å². The third-order valence-electron chi connectivity index (χ3n) is 3.81. The number of pyridine rings is 1. The van der Waals surface area contributed by atoms with Crippen molar-refractivity contribution >= 4 is 11.6 Å². The molecule has 0 fully saturated rings. The Balaban J connectivity index is 2.20. The first kappa shape index (κ1) is 20.4. The van der Waals surface area contributed by atoms with E-state index in [1.165, 1.54) is 18.2 Å². The Morgan fingerprint density at radius 1 is 1.10 bits per heavy atom. The van der Waals surface area contributed by atoms with Crippen molar-refractivity contribution in [2.45, 2.75) is 6.18 Å². The molecule has 0 saturated heterocycles. The van der Waals surface area contributed by atoms with Crippen LogP contribution in [0.25, 0.3) is 5.69 Å². The van der Waals surface area contributed by atoms with E-state index in [4.69, 9.17) is 16.3 Å². The molecule has 0 aliphatic heterocycles. The third kappa shape index (κ3) is 3.94. The number of alkyl halides is 3. The first-order valence-electron chi connectivity index (χ1n) is 7.76. The smallest absolute Gasteiger partial charge is 0.431 e. The minimum absolute atomic E-state index is 0.0790. The third-order valence-corrected chi connectivity index (χ3v) is 4.11. The molecule has 0 aliphatic carbocycles. The fourth-order valence-corrected chi connectivity index (χ4v) is 2.68. The average molecular weight is 432 g/mol. The Kier molecular flexibility index (Phi) is 5.09. The van der Waals surface area contributed by atoms with Crippen LogP contribution in [0, 0.1) is 5.82 Å². The maximum absolute atomic E-state index is 14.4. The molecule has 29 heavy (non-hydrogen) atoms. The van der Waals surface area contributed by atoms with Crippen molar-refractivity contribution in [2.75, 3.05) is 0 Å². The molecule has 152 valence electrons. The maximum Gasteiger partial charge on any atom is 0.431 e. The number of aromatic amines is 1. The van der Waals surface area contributed by atoms with Crippen LogP contribution in [0.4, 0.5) is 17.6 Å². The van der Waals surface area contributed by atoms with Crippen LogP contribution in [-0.2, 0) is 13.2 Å². The zero-order valence-corrected chi connectivity index (χ0v) is 15.1. The molecular formula is C17H10ClF4N3O4. The summed E-state index contributed by atoms with van der Waals surface area (Å²) in [5.74, 6) is -1.48. The van der Waals surface area contributed by atoms with Gasteiger partial charge in [0.2, 0.25) is 0 Å². The summed E-state index contributed by atoms with van der Waals surface area (Å²) in [6.07, 6.45) is -4.96. The summed E-state index contributed by atoms with van der Waals surface area (Å²) in [7, 11) is 0.793. The van der Waals surface area contributed by atoms with Gasteiger partial charge in [0.25, 0.3) is 11.1 Å². The topological polar surface area (TPSA) is 86.1 Å². The highest BCUT2D eigenvalue weighted by molar-refractivity contribution is 6.32. The van der Waals surface area contributed by atoms with E-state index in [1.807, 2.05) is 0 Å². The summed E-state index contributed by atoms with van der Waals surface area (Å²) in [5.41, 5.74) is -5.50. The van der Waals surface area contributed by atoms with Gasteiger partial charge in [-0.25, -0.2) is 13.8 Å². The van der Waals surface area contributed by atoms with E-state index in [0.29, 0.717) is 0 Å². The first-order chi connectivity index (χ1) is 13.5. The molecule has 0 unspecified atom stereocenters. The SMILES string of the molecule is Cn1c(C(F)(F)F)cc(=O)n(-c2cc(Oc3cccc(=O)[nH]3)c(Cl)cc2F)c1=O. The van der Waals surface area contributed by atoms with Crippen molar-refractivity contribution in [3.8, 4) is 17.3 Å². The molecule has 0 bridgehead atoms. The zero-order chi connectivity index (χ0) is 21.5. The average Bonchev–Trinajstić information content (AvgIpc) is 2.61. The lowest BCUT2D eigenvalue weighted by atomic mass is 10.2. The lowest BCUT2D eigenvalue weighted by Gasteiger charge is -2.15. The summed E-state index contributed by atoms with van der Waals surface area (Å²) < 4.78 is 59.0. The Bertz CT molecular complexity index is 1280. The highest BCUT2D eigenvalue weighted by atomic mass is 35.5. The van der Waals surface area contributed by atoms with E-state index in [9.17, 15) is 31.9 Å². The first-order valence-corrected chi connectivity index (χ1v) is 8.13. The Morgan fingerprint density at radius 2 is 1.79 bits per heavy atom. The molecule has 2 heterocycles. The fourth-order valence-electron chi connectivity index (χ4n) is 2.49. The van der Waals surface area contributed by atoms with Crippen molar-refractivity contribution in [1.29, 1.82) is 0 Å². The van der Waals surface area contributed by atoms with Crippen LogP contribution in [0.2, 0.25) is 5.02 Å². The molecular weight excluding hydrogens is 422 g/mol. The number of rotatable bonds is 3. The molecule has 0 atom stereocenters. The van der Waals surface area contributed by atoms with Gasteiger partial charge in [0, 0.05) is 25.2 Å². The van der Waals surface area contributed by atoms with Crippen molar-refractivity contribution in [2.24, 2.45) is 7.05 Å². The number of hydrogen-bond acceptors (Lipinski definition) is 4. The van der Waals surface area contributed by atoms with E-state index in [0.717, 1.165) is 19.2 Å². The van der Waals surface area contributed by atoms with Crippen molar-refractivity contribution in [3.05, 3.63) is 84.1 Å². The lowest BCUT2D eigenvalue weighted by Crippen LogP contribution is -2.41. The van der Waals surface area contributed by atoms with E-state index in [1.54, 1.807) is 0 Å². The molecule has 7 nitrogen and oxygen atoms in total. The van der Waals surface area contributed by atoms with Gasteiger partial charge < -0.3 is 4.74 Å². The normalized spacial score (nSPS) is 11.5.